The Kier molecular flexibility index (Phi) is 7.06. The lowest BCUT2D eigenvalue weighted by Gasteiger charge is -2.37. The number of hydrogen-bond acceptors (Lipinski definition) is 3. The predicted molar refractivity (Wildman–Crippen MR) is 121 cm³/mol. The second-order valence-electron chi connectivity index (χ2n) is 8.83. The zero-order valence-corrected chi connectivity index (χ0v) is 18.1. The van der Waals surface area contributed by atoms with Crippen LogP contribution >= 0.6 is 0 Å². The number of rotatable bonds is 7. The molecule has 0 bridgehead atoms. The molecule has 30 heavy (non-hydrogen) atoms. The molecule has 4 nitrogen and oxygen atoms in total. The molecule has 0 aromatic heterocycles. The van der Waals surface area contributed by atoms with Crippen LogP contribution in [-0.2, 0) is 11.2 Å². The van der Waals surface area contributed by atoms with Crippen LogP contribution in [0.5, 0.6) is 5.75 Å². The number of likely N-dealkylation sites (tertiary alicyclic amines) is 1. The van der Waals surface area contributed by atoms with E-state index < -0.39 is 0 Å². The summed E-state index contributed by atoms with van der Waals surface area (Å²) in [6, 6.07) is 18.9. The highest BCUT2D eigenvalue weighted by Crippen LogP contribution is 2.30. The summed E-state index contributed by atoms with van der Waals surface area (Å²) in [7, 11) is 1.68. The molecular weight excluding hydrogens is 372 g/mol. The molecule has 1 atom stereocenters. The molecule has 2 aromatic carbocycles. The van der Waals surface area contributed by atoms with E-state index >= 15 is 0 Å². The van der Waals surface area contributed by atoms with E-state index in [1.165, 1.54) is 18.4 Å². The van der Waals surface area contributed by atoms with Gasteiger partial charge < -0.3 is 10.1 Å². The van der Waals surface area contributed by atoms with Gasteiger partial charge in [-0.3, -0.25) is 9.69 Å². The third kappa shape index (κ3) is 5.23. The number of ether oxygens (including phenoxy) is 1. The van der Waals surface area contributed by atoms with E-state index in [2.05, 4.69) is 40.5 Å². The first-order valence-electron chi connectivity index (χ1n) is 11.5. The van der Waals surface area contributed by atoms with Crippen LogP contribution in [0.25, 0.3) is 0 Å². The molecule has 1 aliphatic heterocycles. The van der Waals surface area contributed by atoms with Crippen LogP contribution in [0.15, 0.2) is 54.6 Å². The molecule has 1 saturated heterocycles. The van der Waals surface area contributed by atoms with Crippen molar-refractivity contribution in [3.8, 4) is 5.75 Å². The van der Waals surface area contributed by atoms with Gasteiger partial charge in [0.25, 0.3) is 0 Å². The Hall–Kier alpha value is -2.33. The predicted octanol–water partition coefficient (Wildman–Crippen LogP) is 4.75. The Bertz CT molecular complexity index is 792. The van der Waals surface area contributed by atoms with Gasteiger partial charge in [-0.2, -0.15) is 0 Å². The summed E-state index contributed by atoms with van der Waals surface area (Å²) >= 11 is 0. The largest absolute Gasteiger partial charge is 0.497 e. The van der Waals surface area contributed by atoms with Crippen molar-refractivity contribution in [2.75, 3.05) is 20.2 Å². The highest BCUT2D eigenvalue weighted by molar-refractivity contribution is 5.83. The lowest BCUT2D eigenvalue weighted by atomic mass is 9.89. The van der Waals surface area contributed by atoms with Gasteiger partial charge in [-0.05, 0) is 74.4 Å². The molecule has 1 aliphatic carbocycles. The number of hydrogen-bond donors (Lipinski definition) is 1. The van der Waals surface area contributed by atoms with Gasteiger partial charge >= 0.3 is 0 Å². The van der Waals surface area contributed by atoms with E-state index in [9.17, 15) is 4.79 Å². The van der Waals surface area contributed by atoms with Crippen molar-refractivity contribution in [2.45, 2.75) is 57.0 Å². The van der Waals surface area contributed by atoms with Crippen molar-refractivity contribution in [1.82, 2.24) is 10.2 Å². The normalized spacial score (nSPS) is 19.5. The van der Waals surface area contributed by atoms with Crippen LogP contribution in [0.4, 0.5) is 0 Å². The molecule has 1 saturated carbocycles. The number of carbonyl (C=O) groups is 1. The number of carbonyl (C=O) groups excluding carboxylic acids is 1. The smallest absolute Gasteiger partial charge is 0.242 e. The Morgan fingerprint density at radius 2 is 1.67 bits per heavy atom. The molecule has 0 spiro atoms. The molecule has 2 fully saturated rings. The van der Waals surface area contributed by atoms with Crippen LogP contribution in [0.2, 0.25) is 0 Å². The molecule has 4 rings (SSSR count). The van der Waals surface area contributed by atoms with Crippen molar-refractivity contribution in [3.05, 3.63) is 65.7 Å². The molecule has 1 N–H and O–H groups in total. The average Bonchev–Trinajstić information content (AvgIpc) is 3.29. The van der Waals surface area contributed by atoms with Crippen LogP contribution in [0.3, 0.4) is 0 Å². The summed E-state index contributed by atoms with van der Waals surface area (Å²) in [6.07, 6.45) is 8.08. The Morgan fingerprint density at radius 3 is 2.30 bits per heavy atom. The van der Waals surface area contributed by atoms with Crippen molar-refractivity contribution >= 4 is 5.91 Å². The van der Waals surface area contributed by atoms with Crippen LogP contribution < -0.4 is 10.1 Å². The average molecular weight is 407 g/mol. The van der Waals surface area contributed by atoms with Gasteiger partial charge in [-0.15, -0.1) is 0 Å². The van der Waals surface area contributed by atoms with E-state index in [-0.39, 0.29) is 11.9 Å². The van der Waals surface area contributed by atoms with Crippen molar-refractivity contribution in [2.24, 2.45) is 5.92 Å². The van der Waals surface area contributed by atoms with Gasteiger partial charge in [0.1, 0.15) is 11.8 Å². The van der Waals surface area contributed by atoms with E-state index in [1.54, 1.807) is 7.11 Å². The third-order valence-corrected chi connectivity index (χ3v) is 6.76. The fourth-order valence-corrected chi connectivity index (χ4v) is 5.03. The molecule has 0 unspecified atom stereocenters. The quantitative estimate of drug-likeness (QED) is 0.721. The Labute approximate surface area is 180 Å². The second-order valence-corrected chi connectivity index (χ2v) is 8.83. The maximum Gasteiger partial charge on any atom is 0.242 e. The molecular formula is C26H34N2O2. The van der Waals surface area contributed by atoms with Gasteiger partial charge in [0.15, 0.2) is 0 Å². The number of benzene rings is 2. The maximum atomic E-state index is 13.3. The molecule has 1 heterocycles. The first-order valence-corrected chi connectivity index (χ1v) is 11.5. The summed E-state index contributed by atoms with van der Waals surface area (Å²) in [6.45, 7) is 1.93. The highest BCUT2D eigenvalue weighted by Gasteiger charge is 2.32. The van der Waals surface area contributed by atoms with E-state index in [0.717, 1.165) is 56.5 Å². The summed E-state index contributed by atoms with van der Waals surface area (Å²) < 4.78 is 5.32. The fourth-order valence-electron chi connectivity index (χ4n) is 5.03. The SMILES string of the molecule is COc1ccc([C@@H](C(=O)NC2CCCC2)N2CCC(Cc3ccccc3)CC2)cc1. The molecule has 1 amide bonds. The van der Waals surface area contributed by atoms with Crippen molar-refractivity contribution in [1.29, 1.82) is 0 Å². The van der Waals surface area contributed by atoms with Gasteiger partial charge in [0.05, 0.1) is 7.11 Å². The summed E-state index contributed by atoms with van der Waals surface area (Å²) in [5, 5.41) is 3.34. The van der Waals surface area contributed by atoms with E-state index in [0.29, 0.717) is 12.0 Å². The first kappa shape index (κ1) is 20.9. The topological polar surface area (TPSA) is 41.6 Å². The summed E-state index contributed by atoms with van der Waals surface area (Å²) in [5.41, 5.74) is 2.48. The third-order valence-electron chi connectivity index (χ3n) is 6.76. The number of nitrogens with zero attached hydrogens (tertiary/aromatic N) is 1. The number of nitrogens with one attached hydrogen (secondary N) is 1. The Balaban J connectivity index is 1.44. The number of piperidine rings is 1. The lowest BCUT2D eigenvalue weighted by Crippen LogP contribution is -2.46. The van der Waals surface area contributed by atoms with Crippen LogP contribution in [-0.4, -0.2) is 37.0 Å². The van der Waals surface area contributed by atoms with Crippen LogP contribution in [0, 0.1) is 5.92 Å². The van der Waals surface area contributed by atoms with Gasteiger partial charge in [0, 0.05) is 6.04 Å². The zero-order chi connectivity index (χ0) is 20.8. The van der Waals surface area contributed by atoms with E-state index in [4.69, 9.17) is 4.74 Å². The highest BCUT2D eigenvalue weighted by atomic mass is 16.5. The summed E-state index contributed by atoms with van der Waals surface area (Å²) in [4.78, 5) is 15.7. The Morgan fingerprint density at radius 1 is 1.00 bits per heavy atom. The monoisotopic (exact) mass is 406 g/mol. The molecule has 160 valence electrons. The first-order chi connectivity index (χ1) is 14.7. The molecule has 0 radical (unpaired) electrons. The van der Waals surface area contributed by atoms with Crippen molar-refractivity contribution in [3.63, 3.8) is 0 Å². The molecule has 2 aliphatic rings. The summed E-state index contributed by atoms with van der Waals surface area (Å²) in [5.74, 6) is 1.68. The van der Waals surface area contributed by atoms with Gasteiger partial charge in [0.2, 0.25) is 5.91 Å². The minimum absolute atomic E-state index is 0.161. The van der Waals surface area contributed by atoms with E-state index in [1.807, 2.05) is 24.3 Å². The lowest BCUT2D eigenvalue weighted by molar-refractivity contribution is -0.128. The van der Waals surface area contributed by atoms with Gasteiger partial charge in [-0.25, -0.2) is 0 Å². The fraction of sp³-hybridized carbons (Fsp3) is 0.500. The maximum absolute atomic E-state index is 13.3. The zero-order valence-electron chi connectivity index (χ0n) is 18.1. The van der Waals surface area contributed by atoms with Crippen molar-refractivity contribution < 1.29 is 9.53 Å². The molecule has 4 heteroatoms. The minimum atomic E-state index is -0.214. The second kappa shape index (κ2) is 10.1. The standard InChI is InChI=1S/C26H34N2O2/c1-30-24-13-11-22(12-14-24)25(26(29)27-23-9-5-6-10-23)28-17-15-21(16-18-28)19-20-7-3-2-4-8-20/h2-4,7-8,11-14,21,23,25H,5-6,9-10,15-19H2,1H3,(H,27,29)/t25-/m0/s1. The minimum Gasteiger partial charge on any atom is -0.497 e. The van der Waals surface area contributed by atoms with Crippen LogP contribution in [0.1, 0.15) is 55.7 Å². The number of methoxy groups -OCH3 is 1. The van der Waals surface area contributed by atoms with Gasteiger partial charge in [-0.1, -0.05) is 55.3 Å². The molecule has 2 aromatic rings. The number of amides is 1.